The summed E-state index contributed by atoms with van der Waals surface area (Å²) in [6.45, 7) is 2.27. The molecule has 2 heteroatoms. The minimum atomic E-state index is 0.344. The molecule has 0 bridgehead atoms. The average Bonchev–Trinajstić information content (AvgIpc) is 2.51. The highest BCUT2D eigenvalue weighted by Crippen LogP contribution is 2.36. The Labute approximate surface area is 133 Å². The van der Waals surface area contributed by atoms with E-state index in [1.807, 2.05) is 12.1 Å². The maximum Gasteiger partial charge on any atom is 0.115 e. The first-order valence-electron chi connectivity index (χ1n) is 8.29. The minimum absolute atomic E-state index is 0.344. The molecule has 0 aromatic heterocycles. The van der Waals surface area contributed by atoms with Crippen LogP contribution in [-0.2, 0) is 6.42 Å². The minimum Gasteiger partial charge on any atom is -0.508 e. The van der Waals surface area contributed by atoms with E-state index < -0.39 is 0 Å². The third-order valence-electron chi connectivity index (χ3n) is 4.73. The van der Waals surface area contributed by atoms with Crippen molar-refractivity contribution < 1.29 is 5.11 Å². The highest BCUT2D eigenvalue weighted by atomic mass is 16.3. The standard InChI is InChI=1S/C20H25NO/c1-15(7-8-16-9-11-20(22)12-10-16)21-19-13-18(14-19)17-5-3-2-4-6-17/h2-6,9-12,15,18-19,21-22H,7-8,13-14H2,1H3. The molecule has 2 N–H and O–H groups in total. The first-order valence-corrected chi connectivity index (χ1v) is 8.29. The molecule has 2 nitrogen and oxygen atoms in total. The summed E-state index contributed by atoms with van der Waals surface area (Å²) in [5.41, 5.74) is 2.78. The molecule has 2 aromatic carbocycles. The fourth-order valence-electron chi connectivity index (χ4n) is 3.28. The van der Waals surface area contributed by atoms with Gasteiger partial charge in [-0.15, -0.1) is 0 Å². The zero-order valence-corrected chi connectivity index (χ0v) is 13.2. The number of hydrogen-bond donors (Lipinski definition) is 2. The summed E-state index contributed by atoms with van der Waals surface area (Å²) in [5.74, 6) is 1.08. The number of nitrogens with one attached hydrogen (secondary N) is 1. The highest BCUT2D eigenvalue weighted by Gasteiger charge is 2.30. The van der Waals surface area contributed by atoms with Gasteiger partial charge in [0.15, 0.2) is 0 Å². The average molecular weight is 295 g/mol. The SMILES string of the molecule is CC(CCc1ccc(O)cc1)NC1CC(c2ccccc2)C1. The maximum absolute atomic E-state index is 9.30. The molecular formula is C20H25NO. The van der Waals surface area contributed by atoms with E-state index in [4.69, 9.17) is 0 Å². The molecule has 0 radical (unpaired) electrons. The van der Waals surface area contributed by atoms with Crippen LogP contribution >= 0.6 is 0 Å². The summed E-state index contributed by atoms with van der Waals surface area (Å²) < 4.78 is 0. The van der Waals surface area contributed by atoms with Crippen LogP contribution in [0.3, 0.4) is 0 Å². The van der Waals surface area contributed by atoms with Crippen LogP contribution in [0.5, 0.6) is 5.75 Å². The first kappa shape index (κ1) is 15.1. The Balaban J connectivity index is 1.38. The van der Waals surface area contributed by atoms with Gasteiger partial charge in [0.2, 0.25) is 0 Å². The van der Waals surface area contributed by atoms with Crippen molar-refractivity contribution in [1.82, 2.24) is 5.32 Å². The van der Waals surface area contributed by atoms with E-state index in [0.29, 0.717) is 17.8 Å². The van der Waals surface area contributed by atoms with Crippen molar-refractivity contribution in [2.45, 2.75) is 50.6 Å². The molecule has 1 atom stereocenters. The quantitative estimate of drug-likeness (QED) is 0.835. The zero-order valence-electron chi connectivity index (χ0n) is 13.2. The second-order valence-electron chi connectivity index (χ2n) is 6.55. The highest BCUT2D eigenvalue weighted by molar-refractivity contribution is 5.26. The molecule has 116 valence electrons. The molecule has 3 rings (SSSR count). The normalized spacial score (nSPS) is 22.0. The molecule has 1 aliphatic carbocycles. The molecular weight excluding hydrogens is 270 g/mol. The number of phenols is 1. The van der Waals surface area contributed by atoms with Crippen LogP contribution in [0.15, 0.2) is 54.6 Å². The molecule has 0 heterocycles. The van der Waals surface area contributed by atoms with E-state index >= 15 is 0 Å². The summed E-state index contributed by atoms with van der Waals surface area (Å²) in [4.78, 5) is 0. The predicted molar refractivity (Wildman–Crippen MR) is 91.2 cm³/mol. The smallest absolute Gasteiger partial charge is 0.115 e. The van der Waals surface area contributed by atoms with Gasteiger partial charge in [-0.2, -0.15) is 0 Å². The lowest BCUT2D eigenvalue weighted by molar-refractivity contribution is 0.265. The van der Waals surface area contributed by atoms with E-state index in [-0.39, 0.29) is 0 Å². The predicted octanol–water partition coefficient (Wildman–Crippen LogP) is 4.25. The van der Waals surface area contributed by atoms with Crippen LogP contribution in [0.25, 0.3) is 0 Å². The summed E-state index contributed by atoms with van der Waals surface area (Å²) in [6, 6.07) is 19.6. The monoisotopic (exact) mass is 295 g/mol. The number of phenolic OH excluding ortho intramolecular Hbond substituents is 1. The summed E-state index contributed by atoms with van der Waals surface area (Å²) in [6.07, 6.45) is 4.71. The fourth-order valence-corrected chi connectivity index (χ4v) is 3.28. The molecule has 0 saturated heterocycles. The van der Waals surface area contributed by atoms with Crippen LogP contribution in [0.2, 0.25) is 0 Å². The van der Waals surface area contributed by atoms with Gasteiger partial charge in [0.05, 0.1) is 0 Å². The molecule has 1 fully saturated rings. The molecule has 1 unspecified atom stereocenters. The van der Waals surface area contributed by atoms with Crippen molar-refractivity contribution in [3.05, 3.63) is 65.7 Å². The van der Waals surface area contributed by atoms with Gasteiger partial charge in [-0.05, 0) is 61.8 Å². The molecule has 0 spiro atoms. The lowest BCUT2D eigenvalue weighted by Crippen LogP contribution is -2.44. The van der Waals surface area contributed by atoms with E-state index in [1.54, 1.807) is 12.1 Å². The van der Waals surface area contributed by atoms with Crippen molar-refractivity contribution in [1.29, 1.82) is 0 Å². The Bertz CT molecular complexity index is 572. The maximum atomic E-state index is 9.30. The fraction of sp³-hybridized carbons (Fsp3) is 0.400. The van der Waals surface area contributed by atoms with Crippen LogP contribution < -0.4 is 5.32 Å². The molecule has 0 amide bonds. The van der Waals surface area contributed by atoms with Crippen molar-refractivity contribution in [2.75, 3.05) is 0 Å². The summed E-state index contributed by atoms with van der Waals surface area (Å²) >= 11 is 0. The Hall–Kier alpha value is -1.80. The second-order valence-corrected chi connectivity index (χ2v) is 6.55. The Morgan fingerprint density at radius 1 is 1.05 bits per heavy atom. The number of hydrogen-bond acceptors (Lipinski definition) is 2. The van der Waals surface area contributed by atoms with Crippen LogP contribution in [0.4, 0.5) is 0 Å². The molecule has 1 saturated carbocycles. The van der Waals surface area contributed by atoms with Crippen molar-refractivity contribution in [2.24, 2.45) is 0 Å². The third kappa shape index (κ3) is 3.89. The van der Waals surface area contributed by atoms with Crippen molar-refractivity contribution in [3.63, 3.8) is 0 Å². The van der Waals surface area contributed by atoms with Gasteiger partial charge < -0.3 is 10.4 Å². The first-order chi connectivity index (χ1) is 10.7. The number of aromatic hydroxyl groups is 1. The van der Waals surface area contributed by atoms with Gasteiger partial charge in [0, 0.05) is 12.1 Å². The largest absolute Gasteiger partial charge is 0.508 e. The van der Waals surface area contributed by atoms with E-state index in [2.05, 4.69) is 42.6 Å². The molecule has 0 aliphatic heterocycles. The number of aryl methyl sites for hydroxylation is 1. The second kappa shape index (κ2) is 6.97. The van der Waals surface area contributed by atoms with Gasteiger partial charge in [-0.25, -0.2) is 0 Å². The van der Waals surface area contributed by atoms with Crippen LogP contribution in [-0.4, -0.2) is 17.2 Å². The lowest BCUT2D eigenvalue weighted by Gasteiger charge is -2.38. The summed E-state index contributed by atoms with van der Waals surface area (Å²) in [7, 11) is 0. The summed E-state index contributed by atoms with van der Waals surface area (Å²) in [5, 5.41) is 13.0. The topological polar surface area (TPSA) is 32.3 Å². The third-order valence-corrected chi connectivity index (χ3v) is 4.73. The lowest BCUT2D eigenvalue weighted by atomic mass is 9.75. The van der Waals surface area contributed by atoms with Crippen LogP contribution in [0, 0.1) is 0 Å². The van der Waals surface area contributed by atoms with Crippen molar-refractivity contribution in [3.8, 4) is 5.75 Å². The van der Waals surface area contributed by atoms with Crippen LogP contribution in [0.1, 0.15) is 43.2 Å². The van der Waals surface area contributed by atoms with Gasteiger partial charge in [0.1, 0.15) is 5.75 Å². The van der Waals surface area contributed by atoms with Gasteiger partial charge in [-0.3, -0.25) is 0 Å². The van der Waals surface area contributed by atoms with E-state index in [1.165, 1.54) is 24.0 Å². The molecule has 2 aromatic rings. The van der Waals surface area contributed by atoms with Gasteiger partial charge >= 0.3 is 0 Å². The van der Waals surface area contributed by atoms with Gasteiger partial charge in [0.25, 0.3) is 0 Å². The van der Waals surface area contributed by atoms with E-state index in [0.717, 1.165) is 18.8 Å². The molecule has 22 heavy (non-hydrogen) atoms. The van der Waals surface area contributed by atoms with E-state index in [9.17, 15) is 5.11 Å². The van der Waals surface area contributed by atoms with Gasteiger partial charge in [-0.1, -0.05) is 42.5 Å². The molecule has 1 aliphatic rings. The van der Waals surface area contributed by atoms with Crippen molar-refractivity contribution >= 4 is 0 Å². The zero-order chi connectivity index (χ0) is 15.4. The Kier molecular flexibility index (Phi) is 4.79. The number of rotatable bonds is 6. The Morgan fingerprint density at radius 3 is 2.41 bits per heavy atom. The Morgan fingerprint density at radius 2 is 1.73 bits per heavy atom. The number of benzene rings is 2.